The molecule has 0 N–H and O–H groups in total. The molecule has 9 heteroatoms. The summed E-state index contributed by atoms with van der Waals surface area (Å²) in [7, 11) is 1.99. The van der Waals surface area contributed by atoms with Gasteiger partial charge in [-0.15, -0.1) is 11.3 Å². The minimum atomic E-state index is -0.101. The van der Waals surface area contributed by atoms with Crippen LogP contribution in [0, 0.1) is 6.92 Å². The summed E-state index contributed by atoms with van der Waals surface area (Å²) in [5.74, 6) is 1.77. The molecule has 4 rings (SSSR count). The number of carbonyl (C=O) groups is 1. The molecule has 3 aromatic heterocycles. The van der Waals surface area contributed by atoms with Crippen LogP contribution in [0.4, 0.5) is 0 Å². The third-order valence-electron chi connectivity index (χ3n) is 4.21. The summed E-state index contributed by atoms with van der Waals surface area (Å²) in [6.07, 6.45) is 3.20. The second-order valence-corrected chi connectivity index (χ2v) is 6.97. The third kappa shape index (κ3) is 3.08. The molecule has 0 spiro atoms. The molecule has 1 fully saturated rings. The summed E-state index contributed by atoms with van der Waals surface area (Å²) in [5.41, 5.74) is 0. The average Bonchev–Trinajstić information content (AvgIpc) is 3.35. The van der Waals surface area contributed by atoms with Gasteiger partial charge >= 0.3 is 0 Å². The summed E-state index contributed by atoms with van der Waals surface area (Å²) >= 11 is 1.33. The Kier molecular flexibility index (Phi) is 4.10. The van der Waals surface area contributed by atoms with Crippen molar-refractivity contribution in [3.8, 4) is 10.8 Å². The number of carbonyl (C=O) groups excluding carboxylic acids is 1. The molecule has 3 aromatic rings. The van der Waals surface area contributed by atoms with Gasteiger partial charge in [0.15, 0.2) is 16.6 Å². The molecular formula is C16H17N5O3S. The van der Waals surface area contributed by atoms with Gasteiger partial charge in [0.25, 0.3) is 5.91 Å². The van der Waals surface area contributed by atoms with E-state index in [2.05, 4.69) is 20.0 Å². The first kappa shape index (κ1) is 16.0. The van der Waals surface area contributed by atoms with Crippen molar-refractivity contribution in [3.05, 3.63) is 41.2 Å². The Bertz CT molecular complexity index is 872. The number of aryl methyl sites for hydroxylation is 1. The SMILES string of the molecule is Cc1noc(C2CN(C(=O)c3cnc(-c4ccco4)s3)CCN2C)n1. The topological polar surface area (TPSA) is 88.5 Å². The van der Waals surface area contributed by atoms with E-state index < -0.39 is 0 Å². The highest BCUT2D eigenvalue weighted by molar-refractivity contribution is 7.16. The van der Waals surface area contributed by atoms with Gasteiger partial charge < -0.3 is 13.8 Å². The fourth-order valence-electron chi connectivity index (χ4n) is 2.82. The van der Waals surface area contributed by atoms with Crippen molar-refractivity contribution < 1.29 is 13.7 Å². The molecule has 1 saturated heterocycles. The molecule has 1 amide bonds. The summed E-state index contributed by atoms with van der Waals surface area (Å²) < 4.78 is 10.6. The number of furan rings is 1. The van der Waals surface area contributed by atoms with E-state index in [1.54, 1.807) is 25.5 Å². The van der Waals surface area contributed by atoms with Crippen molar-refractivity contribution in [1.29, 1.82) is 0 Å². The van der Waals surface area contributed by atoms with Crippen molar-refractivity contribution in [2.75, 3.05) is 26.7 Å². The lowest BCUT2D eigenvalue weighted by molar-refractivity contribution is 0.0493. The molecule has 1 aliphatic heterocycles. The lowest BCUT2D eigenvalue weighted by Gasteiger charge is -2.37. The molecule has 1 aliphatic rings. The van der Waals surface area contributed by atoms with E-state index in [1.807, 2.05) is 18.0 Å². The third-order valence-corrected chi connectivity index (χ3v) is 5.21. The van der Waals surface area contributed by atoms with Gasteiger partial charge in [0.1, 0.15) is 10.9 Å². The number of aromatic nitrogens is 3. The van der Waals surface area contributed by atoms with Crippen LogP contribution in [-0.4, -0.2) is 57.5 Å². The molecule has 0 aliphatic carbocycles. The molecule has 1 atom stereocenters. The van der Waals surface area contributed by atoms with Crippen LogP contribution in [0.3, 0.4) is 0 Å². The number of thiazole rings is 1. The van der Waals surface area contributed by atoms with E-state index in [-0.39, 0.29) is 11.9 Å². The van der Waals surface area contributed by atoms with Gasteiger partial charge in [0, 0.05) is 19.6 Å². The minimum absolute atomic E-state index is 0.0374. The Morgan fingerprint density at radius 3 is 3.00 bits per heavy atom. The second kappa shape index (κ2) is 6.41. The molecule has 130 valence electrons. The van der Waals surface area contributed by atoms with Crippen molar-refractivity contribution in [2.24, 2.45) is 0 Å². The molecule has 4 heterocycles. The number of likely N-dealkylation sites (N-methyl/N-ethyl adjacent to an activating group) is 1. The first-order chi connectivity index (χ1) is 12.1. The molecular weight excluding hydrogens is 342 g/mol. The summed E-state index contributed by atoms with van der Waals surface area (Å²) in [6.45, 7) is 3.67. The standard InChI is InChI=1S/C16H17N5O3S/c1-10-18-14(24-19-10)11-9-21(6-5-20(11)2)16(22)13-8-17-15(25-13)12-4-3-7-23-12/h3-4,7-8,11H,5-6,9H2,1-2H3. The van der Waals surface area contributed by atoms with Crippen molar-refractivity contribution in [2.45, 2.75) is 13.0 Å². The van der Waals surface area contributed by atoms with E-state index >= 15 is 0 Å². The van der Waals surface area contributed by atoms with E-state index in [4.69, 9.17) is 8.94 Å². The van der Waals surface area contributed by atoms with Crippen LogP contribution in [0.2, 0.25) is 0 Å². The molecule has 0 saturated carbocycles. The molecule has 0 aromatic carbocycles. The zero-order valence-electron chi connectivity index (χ0n) is 13.9. The Morgan fingerprint density at radius 1 is 1.40 bits per heavy atom. The fraction of sp³-hybridized carbons (Fsp3) is 0.375. The van der Waals surface area contributed by atoms with Crippen LogP contribution in [0.15, 0.2) is 33.5 Å². The number of rotatable bonds is 3. The summed E-state index contributed by atoms with van der Waals surface area (Å²) in [4.78, 5) is 26.0. The predicted molar refractivity (Wildman–Crippen MR) is 90.1 cm³/mol. The van der Waals surface area contributed by atoms with E-state index in [0.29, 0.717) is 40.4 Å². The Morgan fingerprint density at radius 2 is 2.28 bits per heavy atom. The molecule has 0 radical (unpaired) electrons. The maximum absolute atomic E-state index is 12.9. The van der Waals surface area contributed by atoms with Crippen LogP contribution in [0.25, 0.3) is 10.8 Å². The highest BCUT2D eigenvalue weighted by Gasteiger charge is 2.33. The Balaban J connectivity index is 1.52. The van der Waals surface area contributed by atoms with Crippen LogP contribution in [0.1, 0.15) is 27.4 Å². The lowest BCUT2D eigenvalue weighted by atomic mass is 10.1. The van der Waals surface area contributed by atoms with Gasteiger partial charge in [-0.25, -0.2) is 4.98 Å². The van der Waals surface area contributed by atoms with Gasteiger partial charge in [0.05, 0.1) is 12.5 Å². The smallest absolute Gasteiger partial charge is 0.265 e. The predicted octanol–water partition coefficient (Wildman–Crippen LogP) is 2.22. The number of hydrogen-bond donors (Lipinski definition) is 0. The van der Waals surface area contributed by atoms with Crippen LogP contribution < -0.4 is 0 Å². The monoisotopic (exact) mass is 359 g/mol. The first-order valence-corrected chi connectivity index (χ1v) is 8.73. The van der Waals surface area contributed by atoms with Crippen LogP contribution in [0.5, 0.6) is 0 Å². The highest BCUT2D eigenvalue weighted by atomic mass is 32.1. The van der Waals surface area contributed by atoms with E-state index in [9.17, 15) is 4.79 Å². The van der Waals surface area contributed by atoms with Crippen molar-refractivity contribution in [3.63, 3.8) is 0 Å². The molecule has 0 bridgehead atoms. The summed E-state index contributed by atoms with van der Waals surface area (Å²) in [6, 6.07) is 3.53. The van der Waals surface area contributed by atoms with E-state index in [1.165, 1.54) is 11.3 Å². The lowest BCUT2D eigenvalue weighted by Crippen LogP contribution is -2.49. The first-order valence-electron chi connectivity index (χ1n) is 7.91. The quantitative estimate of drug-likeness (QED) is 0.708. The fourth-order valence-corrected chi connectivity index (χ4v) is 3.67. The van der Waals surface area contributed by atoms with Gasteiger partial charge in [-0.2, -0.15) is 4.98 Å². The molecule has 8 nitrogen and oxygen atoms in total. The van der Waals surface area contributed by atoms with Crippen molar-refractivity contribution >= 4 is 17.2 Å². The number of hydrogen-bond acceptors (Lipinski definition) is 8. The average molecular weight is 359 g/mol. The second-order valence-electron chi connectivity index (χ2n) is 5.93. The van der Waals surface area contributed by atoms with Gasteiger partial charge in [-0.05, 0) is 26.1 Å². The molecule has 1 unspecified atom stereocenters. The van der Waals surface area contributed by atoms with Crippen molar-refractivity contribution in [1.82, 2.24) is 24.9 Å². The highest BCUT2D eigenvalue weighted by Crippen LogP contribution is 2.28. The summed E-state index contributed by atoms with van der Waals surface area (Å²) in [5, 5.41) is 4.55. The number of amides is 1. The van der Waals surface area contributed by atoms with Gasteiger partial charge in [-0.3, -0.25) is 9.69 Å². The van der Waals surface area contributed by atoms with Crippen LogP contribution >= 0.6 is 11.3 Å². The number of nitrogens with zero attached hydrogens (tertiary/aromatic N) is 5. The minimum Gasteiger partial charge on any atom is -0.462 e. The maximum Gasteiger partial charge on any atom is 0.265 e. The zero-order chi connectivity index (χ0) is 17.4. The van der Waals surface area contributed by atoms with E-state index in [0.717, 1.165) is 6.54 Å². The Labute approximate surface area is 148 Å². The Hall–Kier alpha value is -2.52. The van der Waals surface area contributed by atoms with Crippen LogP contribution in [-0.2, 0) is 0 Å². The molecule has 25 heavy (non-hydrogen) atoms. The van der Waals surface area contributed by atoms with Gasteiger partial charge in [0.2, 0.25) is 5.89 Å². The zero-order valence-corrected chi connectivity index (χ0v) is 14.7. The largest absolute Gasteiger partial charge is 0.462 e. The maximum atomic E-state index is 12.9. The normalized spacial score (nSPS) is 18.6. The number of piperazine rings is 1. The van der Waals surface area contributed by atoms with Gasteiger partial charge in [-0.1, -0.05) is 5.16 Å².